The van der Waals surface area contributed by atoms with Gasteiger partial charge >= 0.3 is 0 Å². The van der Waals surface area contributed by atoms with Gasteiger partial charge in [0.1, 0.15) is 0 Å². The molecule has 110 valence electrons. The molecule has 6 nitrogen and oxygen atoms in total. The third-order valence-corrected chi connectivity index (χ3v) is 3.21. The maximum absolute atomic E-state index is 12.1. The molecule has 0 bridgehead atoms. The van der Waals surface area contributed by atoms with Gasteiger partial charge in [0, 0.05) is 5.39 Å². The molecule has 1 heterocycles. The molecule has 0 saturated carbocycles. The number of rotatable bonds is 3. The summed E-state index contributed by atoms with van der Waals surface area (Å²) in [6.45, 7) is 0. The number of benzene rings is 2. The highest BCUT2D eigenvalue weighted by Crippen LogP contribution is 2.14. The van der Waals surface area contributed by atoms with Gasteiger partial charge in [0.2, 0.25) is 5.91 Å². The lowest BCUT2D eigenvalue weighted by atomic mass is 10.1. The molecule has 2 aromatic carbocycles. The first-order valence-corrected chi connectivity index (χ1v) is 6.80. The van der Waals surface area contributed by atoms with Crippen molar-refractivity contribution in [3.05, 3.63) is 65.9 Å². The summed E-state index contributed by atoms with van der Waals surface area (Å²) in [6.07, 6.45) is 0.197. The van der Waals surface area contributed by atoms with Crippen LogP contribution in [-0.4, -0.2) is 22.0 Å². The van der Waals surface area contributed by atoms with Gasteiger partial charge in [-0.05, 0) is 11.6 Å². The minimum atomic E-state index is -0.459. The number of hydrogen-bond donors (Lipinski definition) is 3. The van der Waals surface area contributed by atoms with Crippen LogP contribution in [0.1, 0.15) is 16.1 Å². The molecule has 0 fully saturated rings. The van der Waals surface area contributed by atoms with Crippen LogP contribution in [0.25, 0.3) is 10.9 Å². The fourth-order valence-electron chi connectivity index (χ4n) is 2.15. The molecule has 0 aliphatic carbocycles. The second-order valence-electron chi connectivity index (χ2n) is 4.78. The number of H-pyrrole nitrogens is 1. The Morgan fingerprint density at radius 2 is 1.68 bits per heavy atom. The maximum atomic E-state index is 12.1. The number of hydrogen-bond acceptors (Lipinski definition) is 3. The monoisotopic (exact) mass is 294 g/mol. The number of fused-ring (bicyclic) bond motifs is 1. The quantitative estimate of drug-likeness (QED) is 0.641. The van der Waals surface area contributed by atoms with Gasteiger partial charge in [0.25, 0.3) is 5.91 Å². The SMILES string of the molecule is O=C(Cc1ccccc1)NNC(=O)c1n[nH]c2ccccc12. The fourth-order valence-corrected chi connectivity index (χ4v) is 2.15. The van der Waals surface area contributed by atoms with Crippen molar-refractivity contribution in [1.29, 1.82) is 0 Å². The normalized spacial score (nSPS) is 10.4. The molecular formula is C16H14N4O2. The highest BCUT2D eigenvalue weighted by atomic mass is 16.2. The molecule has 0 atom stereocenters. The van der Waals surface area contributed by atoms with Gasteiger partial charge in [0.15, 0.2) is 5.69 Å². The molecule has 0 spiro atoms. The minimum Gasteiger partial charge on any atom is -0.277 e. The van der Waals surface area contributed by atoms with Crippen LogP contribution in [0.3, 0.4) is 0 Å². The van der Waals surface area contributed by atoms with Crippen LogP contribution in [0.5, 0.6) is 0 Å². The Morgan fingerprint density at radius 3 is 2.50 bits per heavy atom. The summed E-state index contributed by atoms with van der Waals surface area (Å²) in [7, 11) is 0. The number of carbonyl (C=O) groups excluding carboxylic acids is 2. The van der Waals surface area contributed by atoms with Crippen molar-refractivity contribution in [2.45, 2.75) is 6.42 Å². The van der Waals surface area contributed by atoms with Crippen molar-refractivity contribution in [2.24, 2.45) is 0 Å². The van der Waals surface area contributed by atoms with E-state index in [1.165, 1.54) is 0 Å². The molecular weight excluding hydrogens is 280 g/mol. The van der Waals surface area contributed by atoms with Crippen LogP contribution >= 0.6 is 0 Å². The number of aromatic nitrogens is 2. The van der Waals surface area contributed by atoms with Gasteiger partial charge in [-0.1, -0.05) is 48.5 Å². The Labute approximate surface area is 126 Å². The smallest absolute Gasteiger partial charge is 0.277 e. The van der Waals surface area contributed by atoms with Crippen LogP contribution in [0.2, 0.25) is 0 Å². The van der Waals surface area contributed by atoms with E-state index in [0.717, 1.165) is 11.1 Å². The van der Waals surface area contributed by atoms with Crippen LogP contribution in [-0.2, 0) is 11.2 Å². The lowest BCUT2D eigenvalue weighted by Crippen LogP contribution is -2.42. The summed E-state index contributed by atoms with van der Waals surface area (Å²) in [4.78, 5) is 23.9. The average Bonchev–Trinajstić information content (AvgIpc) is 2.98. The predicted octanol–water partition coefficient (Wildman–Crippen LogP) is 1.57. The Balaban J connectivity index is 1.61. The first-order valence-electron chi connectivity index (χ1n) is 6.80. The first-order chi connectivity index (χ1) is 10.7. The number of nitrogens with zero attached hydrogens (tertiary/aromatic N) is 1. The van der Waals surface area contributed by atoms with Crippen LogP contribution in [0, 0.1) is 0 Å². The molecule has 0 radical (unpaired) electrons. The van der Waals surface area contributed by atoms with Crippen LogP contribution in [0.15, 0.2) is 54.6 Å². The lowest BCUT2D eigenvalue weighted by Gasteiger charge is -2.06. The standard InChI is InChI=1S/C16H14N4O2/c21-14(10-11-6-2-1-3-7-11)18-20-16(22)15-12-8-4-5-9-13(12)17-19-15/h1-9H,10H2,(H,17,19)(H,18,21)(H,20,22). The minimum absolute atomic E-state index is 0.197. The van der Waals surface area contributed by atoms with E-state index in [9.17, 15) is 9.59 Å². The zero-order chi connectivity index (χ0) is 15.4. The molecule has 1 aromatic heterocycles. The Hall–Kier alpha value is -3.15. The van der Waals surface area contributed by atoms with E-state index in [0.29, 0.717) is 5.39 Å². The van der Waals surface area contributed by atoms with Gasteiger partial charge in [-0.25, -0.2) is 0 Å². The third-order valence-electron chi connectivity index (χ3n) is 3.21. The fraction of sp³-hybridized carbons (Fsp3) is 0.0625. The lowest BCUT2D eigenvalue weighted by molar-refractivity contribution is -0.121. The van der Waals surface area contributed by atoms with Crippen molar-refractivity contribution < 1.29 is 9.59 Å². The van der Waals surface area contributed by atoms with Crippen LogP contribution < -0.4 is 10.9 Å². The number of aromatic amines is 1. The van der Waals surface area contributed by atoms with E-state index >= 15 is 0 Å². The zero-order valence-corrected chi connectivity index (χ0v) is 11.7. The molecule has 3 aromatic rings. The maximum Gasteiger partial charge on any atom is 0.290 e. The van der Waals surface area contributed by atoms with E-state index < -0.39 is 5.91 Å². The number of nitrogens with one attached hydrogen (secondary N) is 3. The molecule has 6 heteroatoms. The average molecular weight is 294 g/mol. The van der Waals surface area contributed by atoms with E-state index in [1.54, 1.807) is 6.07 Å². The van der Waals surface area contributed by atoms with Gasteiger partial charge in [-0.2, -0.15) is 5.10 Å². The summed E-state index contributed by atoms with van der Waals surface area (Å²) in [5.74, 6) is -0.752. The summed E-state index contributed by atoms with van der Waals surface area (Å²) >= 11 is 0. The molecule has 2 amide bonds. The van der Waals surface area contributed by atoms with Gasteiger partial charge in [-0.15, -0.1) is 0 Å². The molecule has 3 N–H and O–H groups in total. The van der Waals surface area contributed by atoms with Gasteiger partial charge in [-0.3, -0.25) is 25.5 Å². The number of hydrazine groups is 1. The first kappa shape index (κ1) is 13.8. The van der Waals surface area contributed by atoms with Crippen molar-refractivity contribution in [3.63, 3.8) is 0 Å². The topological polar surface area (TPSA) is 86.9 Å². The van der Waals surface area contributed by atoms with Crippen LogP contribution in [0.4, 0.5) is 0 Å². The summed E-state index contributed by atoms with van der Waals surface area (Å²) < 4.78 is 0. The summed E-state index contributed by atoms with van der Waals surface area (Å²) in [5, 5.41) is 7.45. The highest BCUT2D eigenvalue weighted by Gasteiger charge is 2.14. The zero-order valence-electron chi connectivity index (χ0n) is 11.7. The van der Waals surface area contributed by atoms with E-state index in [-0.39, 0.29) is 18.0 Å². The molecule has 0 saturated heterocycles. The Morgan fingerprint density at radius 1 is 0.955 bits per heavy atom. The molecule has 3 rings (SSSR count). The largest absolute Gasteiger partial charge is 0.290 e. The van der Waals surface area contributed by atoms with E-state index in [1.807, 2.05) is 48.5 Å². The Kier molecular flexibility index (Phi) is 3.82. The predicted molar refractivity (Wildman–Crippen MR) is 81.8 cm³/mol. The number of carbonyl (C=O) groups is 2. The number of amides is 2. The third kappa shape index (κ3) is 2.95. The van der Waals surface area contributed by atoms with Crippen molar-refractivity contribution >= 4 is 22.7 Å². The summed E-state index contributed by atoms with van der Waals surface area (Å²) in [5.41, 5.74) is 6.66. The Bertz CT molecular complexity index is 811. The van der Waals surface area contributed by atoms with E-state index in [2.05, 4.69) is 21.0 Å². The van der Waals surface area contributed by atoms with E-state index in [4.69, 9.17) is 0 Å². The molecule has 22 heavy (non-hydrogen) atoms. The second kappa shape index (κ2) is 6.09. The van der Waals surface area contributed by atoms with Crippen molar-refractivity contribution in [2.75, 3.05) is 0 Å². The van der Waals surface area contributed by atoms with Crippen molar-refractivity contribution in [3.8, 4) is 0 Å². The van der Waals surface area contributed by atoms with Gasteiger partial charge in [0.05, 0.1) is 11.9 Å². The number of para-hydroxylation sites is 1. The molecule has 0 unspecified atom stereocenters. The van der Waals surface area contributed by atoms with Crippen molar-refractivity contribution in [1.82, 2.24) is 21.0 Å². The van der Waals surface area contributed by atoms with Gasteiger partial charge < -0.3 is 0 Å². The molecule has 0 aliphatic rings. The highest BCUT2D eigenvalue weighted by molar-refractivity contribution is 6.05. The molecule has 0 aliphatic heterocycles. The second-order valence-corrected chi connectivity index (χ2v) is 4.78. The summed E-state index contributed by atoms with van der Waals surface area (Å²) in [6, 6.07) is 16.6.